The molecule has 3 rings (SSSR count). The van der Waals surface area contributed by atoms with Crippen molar-refractivity contribution in [2.75, 3.05) is 12.5 Å². The van der Waals surface area contributed by atoms with Crippen molar-refractivity contribution in [3.63, 3.8) is 0 Å². The molecule has 2 aromatic rings. The summed E-state index contributed by atoms with van der Waals surface area (Å²) in [6.07, 6.45) is 1.52. The normalized spacial score (nSPS) is 11.6. The highest BCUT2D eigenvalue weighted by Crippen LogP contribution is 2.39. The molecular formula is C12H11BrN2O4. The SMILES string of the molecule is Nc1ncccc1O.Oc1cc2c(cc1Br)OCO2. The van der Waals surface area contributed by atoms with Gasteiger partial charge in [-0.1, -0.05) is 0 Å². The molecule has 19 heavy (non-hydrogen) atoms. The first-order valence-electron chi connectivity index (χ1n) is 5.25. The minimum Gasteiger partial charge on any atom is -0.507 e. The summed E-state index contributed by atoms with van der Waals surface area (Å²) in [7, 11) is 0. The summed E-state index contributed by atoms with van der Waals surface area (Å²) in [5.74, 6) is 1.62. The van der Waals surface area contributed by atoms with E-state index >= 15 is 0 Å². The van der Waals surface area contributed by atoms with Crippen LogP contribution in [0.4, 0.5) is 5.82 Å². The van der Waals surface area contributed by atoms with Crippen molar-refractivity contribution < 1.29 is 19.7 Å². The van der Waals surface area contributed by atoms with E-state index in [0.29, 0.717) is 16.0 Å². The molecule has 0 saturated carbocycles. The average molecular weight is 327 g/mol. The number of fused-ring (bicyclic) bond motifs is 1. The third kappa shape index (κ3) is 3.19. The second kappa shape index (κ2) is 5.66. The van der Waals surface area contributed by atoms with Gasteiger partial charge in [0.15, 0.2) is 23.1 Å². The number of phenols is 1. The van der Waals surface area contributed by atoms with E-state index in [-0.39, 0.29) is 24.1 Å². The van der Waals surface area contributed by atoms with E-state index in [1.807, 2.05) is 0 Å². The molecule has 0 fully saturated rings. The Balaban J connectivity index is 0.000000148. The fourth-order valence-corrected chi connectivity index (χ4v) is 1.64. The van der Waals surface area contributed by atoms with Crippen LogP contribution in [-0.4, -0.2) is 22.0 Å². The van der Waals surface area contributed by atoms with Gasteiger partial charge in [0.2, 0.25) is 6.79 Å². The van der Waals surface area contributed by atoms with Crippen molar-refractivity contribution in [3.05, 3.63) is 34.9 Å². The number of pyridine rings is 1. The molecule has 0 unspecified atom stereocenters. The molecule has 1 aromatic heterocycles. The van der Waals surface area contributed by atoms with E-state index in [0.717, 1.165) is 0 Å². The number of aromatic hydroxyl groups is 2. The van der Waals surface area contributed by atoms with Gasteiger partial charge >= 0.3 is 0 Å². The maximum atomic E-state index is 9.20. The number of aromatic nitrogens is 1. The molecule has 100 valence electrons. The lowest BCUT2D eigenvalue weighted by Crippen LogP contribution is -1.92. The van der Waals surface area contributed by atoms with Crippen molar-refractivity contribution in [2.24, 2.45) is 0 Å². The Morgan fingerprint density at radius 2 is 1.84 bits per heavy atom. The van der Waals surface area contributed by atoms with Crippen molar-refractivity contribution >= 4 is 21.7 Å². The highest BCUT2D eigenvalue weighted by atomic mass is 79.9. The molecule has 0 bridgehead atoms. The smallest absolute Gasteiger partial charge is 0.231 e. The van der Waals surface area contributed by atoms with Gasteiger partial charge < -0.3 is 25.4 Å². The standard InChI is InChI=1S/C7H5BrO3.C5H6N2O/c8-4-1-6-7(2-5(4)9)11-3-10-6;6-5-4(8)2-1-3-7-5/h1-2,9H,3H2;1-3,8H,(H2,6,7). The van der Waals surface area contributed by atoms with Crippen molar-refractivity contribution in [2.45, 2.75) is 0 Å². The maximum absolute atomic E-state index is 9.20. The Labute approximate surface area is 117 Å². The average Bonchev–Trinajstić information content (AvgIpc) is 2.81. The summed E-state index contributed by atoms with van der Waals surface area (Å²) in [5, 5.41) is 17.9. The van der Waals surface area contributed by atoms with Crippen molar-refractivity contribution in [3.8, 4) is 23.0 Å². The Hall–Kier alpha value is -2.15. The number of hydrogen-bond donors (Lipinski definition) is 3. The number of nitrogen functional groups attached to an aromatic ring is 1. The fraction of sp³-hybridized carbons (Fsp3) is 0.0833. The Morgan fingerprint density at radius 3 is 2.42 bits per heavy atom. The monoisotopic (exact) mass is 326 g/mol. The van der Waals surface area contributed by atoms with Gasteiger partial charge in [-0.3, -0.25) is 0 Å². The number of ether oxygens (including phenoxy) is 2. The van der Waals surface area contributed by atoms with Gasteiger partial charge in [-0.2, -0.15) is 0 Å². The van der Waals surface area contributed by atoms with Crippen LogP contribution in [0, 0.1) is 0 Å². The number of hydrogen-bond acceptors (Lipinski definition) is 6. The largest absolute Gasteiger partial charge is 0.507 e. The van der Waals surface area contributed by atoms with Crippen LogP contribution in [-0.2, 0) is 0 Å². The molecule has 1 aromatic carbocycles. The quantitative estimate of drug-likeness (QED) is 0.687. The van der Waals surface area contributed by atoms with E-state index in [1.54, 1.807) is 12.1 Å². The Bertz CT molecular complexity index is 542. The molecule has 1 aliphatic rings. The zero-order chi connectivity index (χ0) is 13.8. The zero-order valence-corrected chi connectivity index (χ0v) is 11.3. The molecule has 6 nitrogen and oxygen atoms in total. The van der Waals surface area contributed by atoms with Crippen LogP contribution in [0.15, 0.2) is 34.9 Å². The molecule has 0 saturated heterocycles. The number of benzene rings is 1. The lowest BCUT2D eigenvalue weighted by atomic mass is 10.3. The fourth-order valence-electron chi connectivity index (χ4n) is 1.32. The third-order valence-corrected chi connectivity index (χ3v) is 2.89. The van der Waals surface area contributed by atoms with Gasteiger partial charge in [-0.05, 0) is 28.1 Å². The minimum atomic E-state index is 0.0347. The van der Waals surface area contributed by atoms with Crippen molar-refractivity contribution in [1.82, 2.24) is 4.98 Å². The summed E-state index contributed by atoms with van der Waals surface area (Å²) in [6, 6.07) is 6.30. The van der Waals surface area contributed by atoms with Crippen LogP contribution in [0.1, 0.15) is 0 Å². The van der Waals surface area contributed by atoms with E-state index < -0.39 is 0 Å². The first kappa shape index (κ1) is 13.3. The van der Waals surface area contributed by atoms with Gasteiger partial charge in [0, 0.05) is 18.3 Å². The lowest BCUT2D eigenvalue weighted by Gasteiger charge is -1.98. The number of rotatable bonds is 0. The highest BCUT2D eigenvalue weighted by molar-refractivity contribution is 9.10. The first-order valence-corrected chi connectivity index (χ1v) is 6.05. The van der Waals surface area contributed by atoms with Gasteiger partial charge in [-0.25, -0.2) is 4.98 Å². The van der Waals surface area contributed by atoms with Crippen LogP contribution in [0.2, 0.25) is 0 Å². The number of nitrogens with zero attached hydrogens (tertiary/aromatic N) is 1. The molecule has 7 heteroatoms. The predicted octanol–water partition coefficient (Wildman–Crippen LogP) is 2.25. The molecule has 0 aliphatic carbocycles. The molecule has 0 amide bonds. The van der Waals surface area contributed by atoms with E-state index in [2.05, 4.69) is 20.9 Å². The maximum Gasteiger partial charge on any atom is 0.231 e. The summed E-state index contributed by atoms with van der Waals surface area (Å²) in [5.41, 5.74) is 5.16. The minimum absolute atomic E-state index is 0.0347. The number of nitrogens with two attached hydrogens (primary N) is 1. The second-order valence-electron chi connectivity index (χ2n) is 3.56. The highest BCUT2D eigenvalue weighted by Gasteiger charge is 2.15. The molecule has 0 spiro atoms. The molecular weight excluding hydrogens is 316 g/mol. The number of phenolic OH excluding ortho intramolecular Hbond substituents is 1. The van der Waals surface area contributed by atoms with Crippen LogP contribution in [0.3, 0.4) is 0 Å². The van der Waals surface area contributed by atoms with Gasteiger partial charge in [-0.15, -0.1) is 0 Å². The van der Waals surface area contributed by atoms with Crippen LogP contribution in [0.5, 0.6) is 23.0 Å². The summed E-state index contributed by atoms with van der Waals surface area (Å²) >= 11 is 3.16. The van der Waals surface area contributed by atoms with E-state index in [4.69, 9.17) is 20.3 Å². The third-order valence-electron chi connectivity index (χ3n) is 2.26. The van der Waals surface area contributed by atoms with Crippen LogP contribution in [0.25, 0.3) is 0 Å². The van der Waals surface area contributed by atoms with Crippen molar-refractivity contribution in [1.29, 1.82) is 0 Å². The van der Waals surface area contributed by atoms with Crippen LogP contribution >= 0.6 is 15.9 Å². The van der Waals surface area contributed by atoms with Crippen LogP contribution < -0.4 is 15.2 Å². The summed E-state index contributed by atoms with van der Waals surface area (Å²) in [6.45, 7) is 0.227. The summed E-state index contributed by atoms with van der Waals surface area (Å²) < 4.78 is 10.7. The zero-order valence-electron chi connectivity index (χ0n) is 9.71. The Morgan fingerprint density at radius 1 is 1.16 bits per heavy atom. The Kier molecular flexibility index (Phi) is 3.96. The van der Waals surface area contributed by atoms with Gasteiger partial charge in [0.25, 0.3) is 0 Å². The molecule has 1 aliphatic heterocycles. The van der Waals surface area contributed by atoms with E-state index in [1.165, 1.54) is 18.3 Å². The molecule has 0 atom stereocenters. The summed E-state index contributed by atoms with van der Waals surface area (Å²) in [4.78, 5) is 3.61. The number of anilines is 1. The molecule has 0 radical (unpaired) electrons. The van der Waals surface area contributed by atoms with E-state index in [9.17, 15) is 5.11 Å². The molecule has 2 heterocycles. The van der Waals surface area contributed by atoms with Gasteiger partial charge in [0.05, 0.1) is 4.47 Å². The molecule has 4 N–H and O–H groups in total. The van der Waals surface area contributed by atoms with Gasteiger partial charge in [0.1, 0.15) is 5.75 Å². The topological polar surface area (TPSA) is 97.8 Å². The predicted molar refractivity (Wildman–Crippen MR) is 72.2 cm³/mol. The first-order chi connectivity index (χ1) is 9.08. The number of halogens is 1. The lowest BCUT2D eigenvalue weighted by molar-refractivity contribution is 0.174. The second-order valence-corrected chi connectivity index (χ2v) is 4.42.